The summed E-state index contributed by atoms with van der Waals surface area (Å²) >= 11 is 0. The number of hydrogen-bond donors (Lipinski definition) is 0. The van der Waals surface area contributed by atoms with Gasteiger partial charge in [-0.25, -0.2) is 0 Å². The molecule has 1 unspecified atom stereocenters. The Bertz CT molecular complexity index is 825. The molecule has 0 heterocycles. The quantitative estimate of drug-likeness (QED) is 0.0328. The third-order valence-corrected chi connectivity index (χ3v) is 7.29. The van der Waals surface area contributed by atoms with E-state index < -0.39 is 6.10 Å². The van der Waals surface area contributed by atoms with E-state index in [1.54, 1.807) is 0 Å². The Kier molecular flexibility index (Phi) is 32.2. The predicted octanol–water partition coefficient (Wildman–Crippen LogP) is 10.9. The Balaban J connectivity index is 4.51. The van der Waals surface area contributed by atoms with E-state index in [4.69, 9.17) is 14.2 Å². The van der Waals surface area contributed by atoms with Crippen molar-refractivity contribution in [1.29, 1.82) is 0 Å². The minimum atomic E-state index is -0.804. The molecule has 0 bridgehead atoms. The highest BCUT2D eigenvalue weighted by atomic mass is 16.6. The summed E-state index contributed by atoms with van der Waals surface area (Å²) in [5.41, 5.74) is 0. The number of esters is 3. The van der Waals surface area contributed by atoms with Crippen molar-refractivity contribution in [2.24, 2.45) is 0 Å². The molecule has 0 radical (unpaired) electrons. The molecule has 0 fully saturated rings. The molecule has 0 aromatic carbocycles. The summed E-state index contributed by atoms with van der Waals surface area (Å²) in [5.74, 6) is -1.03. The molecule has 0 aliphatic heterocycles. The van der Waals surface area contributed by atoms with Crippen molar-refractivity contribution in [1.82, 2.24) is 0 Å². The van der Waals surface area contributed by atoms with E-state index in [9.17, 15) is 14.4 Å². The molecular formula is C39H66O6. The van der Waals surface area contributed by atoms with Gasteiger partial charge in [0.25, 0.3) is 0 Å². The largest absolute Gasteiger partial charge is 0.462 e. The number of carbonyl (C=O) groups is 3. The van der Waals surface area contributed by atoms with Gasteiger partial charge in [0.1, 0.15) is 13.2 Å². The Morgan fingerprint density at radius 2 is 0.889 bits per heavy atom. The maximum Gasteiger partial charge on any atom is 0.306 e. The van der Waals surface area contributed by atoms with Crippen LogP contribution in [-0.4, -0.2) is 37.2 Å². The summed E-state index contributed by atoms with van der Waals surface area (Å²) in [6.07, 6.45) is 37.0. The number of hydrogen-bond acceptors (Lipinski definition) is 6. The molecule has 0 N–H and O–H groups in total. The van der Waals surface area contributed by atoms with Crippen LogP contribution in [0.25, 0.3) is 0 Å². The molecule has 0 rings (SSSR count). The van der Waals surface area contributed by atoms with Gasteiger partial charge in [0, 0.05) is 19.3 Å². The highest BCUT2D eigenvalue weighted by molar-refractivity contribution is 5.71. The summed E-state index contributed by atoms with van der Waals surface area (Å²) in [7, 11) is 0. The molecule has 0 saturated heterocycles. The Hall–Kier alpha value is -2.63. The van der Waals surface area contributed by atoms with Crippen LogP contribution in [0.5, 0.6) is 0 Å². The van der Waals surface area contributed by atoms with E-state index >= 15 is 0 Å². The van der Waals surface area contributed by atoms with Crippen molar-refractivity contribution >= 4 is 17.9 Å². The third-order valence-electron chi connectivity index (χ3n) is 7.29. The smallest absolute Gasteiger partial charge is 0.306 e. The normalized spacial score (nSPS) is 12.5. The van der Waals surface area contributed by atoms with E-state index in [1.807, 2.05) is 0 Å². The number of unbranched alkanes of at least 4 members (excludes halogenated alkanes) is 12. The van der Waals surface area contributed by atoms with E-state index in [-0.39, 0.29) is 37.5 Å². The van der Waals surface area contributed by atoms with Crippen LogP contribution < -0.4 is 0 Å². The minimum absolute atomic E-state index is 0.111. The molecule has 1 atom stereocenters. The maximum atomic E-state index is 12.5. The van der Waals surface area contributed by atoms with Crippen molar-refractivity contribution in [2.75, 3.05) is 13.2 Å². The molecule has 0 amide bonds. The first-order valence-electron chi connectivity index (χ1n) is 18.1. The first kappa shape index (κ1) is 42.4. The second kappa shape index (κ2) is 34.2. The van der Waals surface area contributed by atoms with Gasteiger partial charge >= 0.3 is 17.9 Å². The number of rotatable bonds is 31. The lowest BCUT2D eigenvalue weighted by Gasteiger charge is -2.18. The van der Waals surface area contributed by atoms with Gasteiger partial charge in [-0.05, 0) is 83.5 Å². The van der Waals surface area contributed by atoms with Crippen LogP contribution >= 0.6 is 0 Å². The van der Waals surface area contributed by atoms with Gasteiger partial charge < -0.3 is 14.2 Å². The fourth-order valence-electron chi connectivity index (χ4n) is 4.54. The lowest BCUT2D eigenvalue weighted by molar-refractivity contribution is -0.167. The summed E-state index contributed by atoms with van der Waals surface area (Å²) in [6, 6.07) is 0. The topological polar surface area (TPSA) is 78.9 Å². The lowest BCUT2D eigenvalue weighted by atomic mass is 10.1. The number of allylic oxidation sites excluding steroid dienone is 8. The summed E-state index contributed by atoms with van der Waals surface area (Å²) < 4.78 is 16.4. The van der Waals surface area contributed by atoms with Crippen molar-refractivity contribution in [3.8, 4) is 0 Å². The van der Waals surface area contributed by atoms with Crippen LogP contribution in [0.2, 0.25) is 0 Å². The monoisotopic (exact) mass is 630 g/mol. The zero-order chi connectivity index (χ0) is 33.1. The molecule has 0 aromatic heterocycles. The average molecular weight is 631 g/mol. The van der Waals surface area contributed by atoms with E-state index in [1.165, 1.54) is 51.4 Å². The van der Waals surface area contributed by atoms with Crippen molar-refractivity contribution in [3.05, 3.63) is 48.6 Å². The Morgan fingerprint density at radius 1 is 0.467 bits per heavy atom. The van der Waals surface area contributed by atoms with E-state index in [0.717, 1.165) is 57.8 Å². The van der Waals surface area contributed by atoms with Gasteiger partial charge in [0.2, 0.25) is 0 Å². The Labute approximate surface area is 276 Å². The molecule has 0 aliphatic carbocycles. The highest BCUT2D eigenvalue weighted by Gasteiger charge is 2.19. The first-order valence-corrected chi connectivity index (χ1v) is 18.1. The van der Waals surface area contributed by atoms with Crippen LogP contribution in [0.15, 0.2) is 48.6 Å². The molecule has 45 heavy (non-hydrogen) atoms. The fraction of sp³-hybridized carbons (Fsp3) is 0.718. The molecule has 0 aromatic rings. The van der Waals surface area contributed by atoms with Crippen LogP contribution in [0.3, 0.4) is 0 Å². The van der Waals surface area contributed by atoms with Gasteiger partial charge in [-0.2, -0.15) is 0 Å². The van der Waals surface area contributed by atoms with Crippen molar-refractivity contribution in [3.63, 3.8) is 0 Å². The van der Waals surface area contributed by atoms with Gasteiger partial charge in [0.15, 0.2) is 6.10 Å². The number of ether oxygens (including phenoxy) is 3. The second-order valence-corrected chi connectivity index (χ2v) is 11.7. The average Bonchev–Trinajstić information content (AvgIpc) is 3.03. The van der Waals surface area contributed by atoms with Gasteiger partial charge in [0.05, 0.1) is 0 Å². The van der Waals surface area contributed by atoms with Gasteiger partial charge in [-0.15, -0.1) is 0 Å². The minimum Gasteiger partial charge on any atom is -0.462 e. The molecule has 258 valence electrons. The second-order valence-electron chi connectivity index (χ2n) is 11.7. The molecule has 0 saturated carbocycles. The molecule has 6 nitrogen and oxygen atoms in total. The van der Waals surface area contributed by atoms with Crippen LogP contribution in [0.1, 0.15) is 162 Å². The third kappa shape index (κ3) is 32.6. The zero-order valence-electron chi connectivity index (χ0n) is 29.1. The molecular weight excluding hydrogens is 564 g/mol. The molecule has 0 aliphatic rings. The first-order chi connectivity index (χ1) is 22.0. The highest BCUT2D eigenvalue weighted by Crippen LogP contribution is 2.09. The van der Waals surface area contributed by atoms with Gasteiger partial charge in [-0.3, -0.25) is 14.4 Å². The zero-order valence-corrected chi connectivity index (χ0v) is 29.1. The van der Waals surface area contributed by atoms with Crippen molar-refractivity contribution < 1.29 is 28.6 Å². The number of carbonyl (C=O) groups excluding carboxylic acids is 3. The SMILES string of the molecule is CC/C=C\C/C=C\CCCCC(=O)OCC(COC(=O)CCC/C=C\CCCCCC)OC(=O)CCC/C=C\CCCCCC. The van der Waals surface area contributed by atoms with Crippen molar-refractivity contribution in [2.45, 2.75) is 168 Å². The molecule has 6 heteroatoms. The predicted molar refractivity (Wildman–Crippen MR) is 187 cm³/mol. The summed E-state index contributed by atoms with van der Waals surface area (Å²) in [6.45, 7) is 6.31. The van der Waals surface area contributed by atoms with E-state index in [0.29, 0.717) is 25.7 Å². The summed E-state index contributed by atoms with van der Waals surface area (Å²) in [5, 5.41) is 0. The molecule has 0 spiro atoms. The summed E-state index contributed by atoms with van der Waals surface area (Å²) in [4.78, 5) is 37.2. The Morgan fingerprint density at radius 3 is 1.40 bits per heavy atom. The van der Waals surface area contributed by atoms with Crippen LogP contribution in [-0.2, 0) is 28.6 Å². The fourth-order valence-corrected chi connectivity index (χ4v) is 4.54. The lowest BCUT2D eigenvalue weighted by Crippen LogP contribution is -2.30. The standard InChI is InChI=1S/C39H66O6/c1-4-7-10-13-16-19-22-25-28-31-37(40)43-34-36(45-39(42)33-30-27-24-21-18-15-12-9-6-3)35-44-38(41)32-29-26-23-20-17-14-11-8-5-2/h7,10,16,19-21,23-24,36H,4-6,8-9,11-15,17-18,22,25-35H2,1-3H3/b10-7-,19-16-,23-20-,24-21-. The van der Waals surface area contributed by atoms with Crippen LogP contribution in [0, 0.1) is 0 Å². The van der Waals surface area contributed by atoms with Gasteiger partial charge in [-0.1, -0.05) is 108 Å². The maximum absolute atomic E-state index is 12.5. The van der Waals surface area contributed by atoms with Crippen LogP contribution in [0.4, 0.5) is 0 Å². The van der Waals surface area contributed by atoms with E-state index in [2.05, 4.69) is 69.4 Å².